The highest BCUT2D eigenvalue weighted by molar-refractivity contribution is 7.18. The van der Waals surface area contributed by atoms with Crippen LogP contribution in [0.2, 0.25) is 9.36 Å². The van der Waals surface area contributed by atoms with Gasteiger partial charge in [0, 0.05) is 17.1 Å². The Kier molecular flexibility index (Phi) is 7.20. The van der Waals surface area contributed by atoms with Crippen molar-refractivity contribution in [3.05, 3.63) is 50.1 Å². The molecule has 0 fully saturated rings. The summed E-state index contributed by atoms with van der Waals surface area (Å²) in [6.45, 7) is 3.24. The van der Waals surface area contributed by atoms with Gasteiger partial charge in [0.1, 0.15) is 0 Å². The lowest BCUT2D eigenvalue weighted by atomic mass is 10.2. The standard InChI is InChI=1S/C18H17Cl2NO4S/c1-10-12(19)4-3-5-13(10)21-18(24)11(2)25-17(23)9-6-14(22)15-7-8-16(20)26-15/h3-5,7-8,11H,6,9H2,1-2H3,(H,21,24)/t11-/m1/s1. The molecule has 5 nitrogen and oxygen atoms in total. The van der Waals surface area contributed by atoms with Crippen molar-refractivity contribution >= 4 is 57.9 Å². The summed E-state index contributed by atoms with van der Waals surface area (Å²) in [5, 5.41) is 3.20. The summed E-state index contributed by atoms with van der Waals surface area (Å²) in [4.78, 5) is 36.5. The number of hydrogen-bond donors (Lipinski definition) is 1. The lowest BCUT2D eigenvalue weighted by Gasteiger charge is -2.15. The number of benzene rings is 1. The normalized spacial score (nSPS) is 11.7. The zero-order valence-electron chi connectivity index (χ0n) is 14.2. The summed E-state index contributed by atoms with van der Waals surface area (Å²) in [5.74, 6) is -1.28. The molecule has 1 aromatic heterocycles. The molecule has 0 saturated carbocycles. The van der Waals surface area contributed by atoms with Crippen LogP contribution in [0.25, 0.3) is 0 Å². The van der Waals surface area contributed by atoms with E-state index in [1.165, 1.54) is 6.92 Å². The first-order chi connectivity index (χ1) is 12.3. The highest BCUT2D eigenvalue weighted by Gasteiger charge is 2.20. The quantitative estimate of drug-likeness (QED) is 0.517. The zero-order chi connectivity index (χ0) is 19.3. The first-order valence-corrected chi connectivity index (χ1v) is 9.39. The maximum atomic E-state index is 12.2. The fraction of sp³-hybridized carbons (Fsp3) is 0.278. The van der Waals surface area contributed by atoms with Crippen LogP contribution in [0.3, 0.4) is 0 Å². The van der Waals surface area contributed by atoms with E-state index < -0.39 is 18.0 Å². The maximum absolute atomic E-state index is 12.2. The second-order valence-electron chi connectivity index (χ2n) is 5.56. The van der Waals surface area contributed by atoms with Crippen molar-refractivity contribution in [3.8, 4) is 0 Å². The van der Waals surface area contributed by atoms with Crippen LogP contribution >= 0.6 is 34.5 Å². The summed E-state index contributed by atoms with van der Waals surface area (Å²) in [5.41, 5.74) is 1.27. The van der Waals surface area contributed by atoms with E-state index in [0.717, 1.165) is 16.9 Å². The van der Waals surface area contributed by atoms with Crippen LogP contribution < -0.4 is 5.32 Å². The highest BCUT2D eigenvalue weighted by atomic mass is 35.5. The number of carbonyl (C=O) groups is 3. The number of halogens is 2. The van der Waals surface area contributed by atoms with Gasteiger partial charge in [0.2, 0.25) is 0 Å². The Labute approximate surface area is 165 Å². The highest BCUT2D eigenvalue weighted by Crippen LogP contribution is 2.24. The third-order valence-electron chi connectivity index (χ3n) is 3.61. The molecule has 0 radical (unpaired) electrons. The Morgan fingerprint density at radius 2 is 1.88 bits per heavy atom. The van der Waals surface area contributed by atoms with Crippen molar-refractivity contribution in [1.82, 2.24) is 0 Å². The Morgan fingerprint density at radius 3 is 2.54 bits per heavy atom. The molecular weight excluding hydrogens is 397 g/mol. The van der Waals surface area contributed by atoms with E-state index in [2.05, 4.69) is 5.32 Å². The van der Waals surface area contributed by atoms with Gasteiger partial charge in [-0.2, -0.15) is 0 Å². The van der Waals surface area contributed by atoms with E-state index in [1.54, 1.807) is 37.3 Å². The van der Waals surface area contributed by atoms with Crippen LogP contribution in [0.1, 0.15) is 35.0 Å². The summed E-state index contributed by atoms with van der Waals surface area (Å²) in [6.07, 6.45) is -1.10. The monoisotopic (exact) mass is 413 g/mol. The minimum absolute atomic E-state index is 0.00256. The topological polar surface area (TPSA) is 72.5 Å². The van der Waals surface area contributed by atoms with Gasteiger partial charge in [-0.15, -0.1) is 11.3 Å². The van der Waals surface area contributed by atoms with E-state index in [-0.39, 0.29) is 18.6 Å². The molecule has 1 amide bonds. The number of thiophene rings is 1. The van der Waals surface area contributed by atoms with Gasteiger partial charge in [-0.1, -0.05) is 29.3 Å². The van der Waals surface area contributed by atoms with Crippen molar-refractivity contribution < 1.29 is 19.1 Å². The summed E-state index contributed by atoms with van der Waals surface area (Å²) >= 11 is 12.9. The lowest BCUT2D eigenvalue weighted by Crippen LogP contribution is -2.30. The molecule has 1 heterocycles. The number of esters is 1. The number of ketones is 1. The van der Waals surface area contributed by atoms with Crippen molar-refractivity contribution in [3.63, 3.8) is 0 Å². The van der Waals surface area contributed by atoms with Crippen LogP contribution in [0.5, 0.6) is 0 Å². The van der Waals surface area contributed by atoms with Crippen LogP contribution in [-0.4, -0.2) is 23.8 Å². The first-order valence-electron chi connectivity index (χ1n) is 7.82. The molecule has 1 atom stereocenters. The van der Waals surface area contributed by atoms with Gasteiger partial charge in [-0.3, -0.25) is 14.4 Å². The number of amides is 1. The number of ether oxygens (including phenoxy) is 1. The number of nitrogens with one attached hydrogen (secondary N) is 1. The summed E-state index contributed by atoms with van der Waals surface area (Å²) in [7, 11) is 0. The van der Waals surface area contributed by atoms with E-state index in [1.807, 2.05) is 0 Å². The molecule has 0 saturated heterocycles. The summed E-state index contributed by atoms with van der Waals surface area (Å²) < 4.78 is 5.60. The number of Topliss-reactive ketones (excluding diaryl/α,β-unsaturated/α-hetero) is 1. The zero-order valence-corrected chi connectivity index (χ0v) is 16.5. The van der Waals surface area contributed by atoms with Gasteiger partial charge in [-0.05, 0) is 43.7 Å². The van der Waals surface area contributed by atoms with E-state index in [4.69, 9.17) is 27.9 Å². The van der Waals surface area contributed by atoms with Crippen molar-refractivity contribution in [2.75, 3.05) is 5.32 Å². The van der Waals surface area contributed by atoms with Gasteiger partial charge in [-0.25, -0.2) is 0 Å². The first kappa shape index (κ1) is 20.4. The molecule has 0 aliphatic heterocycles. The minimum Gasteiger partial charge on any atom is -0.453 e. The molecule has 0 unspecified atom stereocenters. The van der Waals surface area contributed by atoms with Gasteiger partial charge < -0.3 is 10.1 Å². The van der Waals surface area contributed by atoms with E-state index in [9.17, 15) is 14.4 Å². The van der Waals surface area contributed by atoms with Crippen LogP contribution in [-0.2, 0) is 14.3 Å². The molecule has 0 spiro atoms. The van der Waals surface area contributed by atoms with Crippen molar-refractivity contribution in [2.45, 2.75) is 32.8 Å². The van der Waals surface area contributed by atoms with Gasteiger partial charge in [0.05, 0.1) is 15.6 Å². The van der Waals surface area contributed by atoms with Crippen LogP contribution in [0.4, 0.5) is 5.69 Å². The molecule has 1 aromatic carbocycles. The Hall–Kier alpha value is -1.89. The molecule has 2 rings (SSSR count). The van der Waals surface area contributed by atoms with Gasteiger partial charge in [0.15, 0.2) is 11.9 Å². The molecule has 2 aromatic rings. The number of hydrogen-bond acceptors (Lipinski definition) is 5. The predicted octanol–water partition coefficient (Wildman–Crippen LogP) is 4.90. The fourth-order valence-corrected chi connectivity index (χ4v) is 3.27. The van der Waals surface area contributed by atoms with Crippen molar-refractivity contribution in [1.29, 1.82) is 0 Å². The minimum atomic E-state index is -0.993. The SMILES string of the molecule is Cc1c(Cl)cccc1NC(=O)[C@@H](C)OC(=O)CCC(=O)c1ccc(Cl)s1. The smallest absolute Gasteiger partial charge is 0.307 e. The Bertz CT molecular complexity index is 834. The third kappa shape index (κ3) is 5.56. The molecule has 138 valence electrons. The van der Waals surface area contributed by atoms with Crippen LogP contribution in [0.15, 0.2) is 30.3 Å². The molecule has 0 aliphatic rings. The van der Waals surface area contributed by atoms with Gasteiger partial charge in [0.25, 0.3) is 5.91 Å². The Morgan fingerprint density at radius 1 is 1.15 bits per heavy atom. The molecule has 1 N–H and O–H groups in total. The van der Waals surface area contributed by atoms with Gasteiger partial charge >= 0.3 is 5.97 Å². The molecule has 0 aliphatic carbocycles. The largest absolute Gasteiger partial charge is 0.453 e. The average molecular weight is 414 g/mol. The predicted molar refractivity (Wildman–Crippen MR) is 103 cm³/mol. The number of carbonyl (C=O) groups excluding carboxylic acids is 3. The molecule has 26 heavy (non-hydrogen) atoms. The molecule has 8 heteroatoms. The maximum Gasteiger partial charge on any atom is 0.307 e. The van der Waals surface area contributed by atoms with Crippen molar-refractivity contribution in [2.24, 2.45) is 0 Å². The summed E-state index contributed by atoms with van der Waals surface area (Å²) in [6, 6.07) is 8.38. The van der Waals surface area contributed by atoms with Crippen LogP contribution in [0, 0.1) is 6.92 Å². The third-order valence-corrected chi connectivity index (χ3v) is 5.29. The lowest BCUT2D eigenvalue weighted by molar-refractivity contribution is -0.153. The average Bonchev–Trinajstić information content (AvgIpc) is 3.03. The van der Waals surface area contributed by atoms with E-state index >= 15 is 0 Å². The number of anilines is 1. The fourth-order valence-electron chi connectivity index (χ4n) is 2.09. The number of rotatable bonds is 7. The van der Waals surface area contributed by atoms with E-state index in [0.29, 0.717) is 19.9 Å². The second kappa shape index (κ2) is 9.16. The molecular formula is C18H17Cl2NO4S. The molecule has 0 bridgehead atoms. The Balaban J connectivity index is 1.83. The second-order valence-corrected chi connectivity index (χ2v) is 7.68.